The van der Waals surface area contributed by atoms with E-state index in [2.05, 4.69) is 4.98 Å². The third-order valence-electron chi connectivity index (χ3n) is 1.77. The largest absolute Gasteiger partial charge is 0.491 e. The lowest BCUT2D eigenvalue weighted by Crippen LogP contribution is -2.19. The molecule has 1 aromatic heterocycles. The molecule has 0 aromatic carbocycles. The van der Waals surface area contributed by atoms with Gasteiger partial charge in [-0.05, 0) is 20.2 Å². The van der Waals surface area contributed by atoms with Crippen LogP contribution in [-0.4, -0.2) is 48.2 Å². The van der Waals surface area contributed by atoms with Gasteiger partial charge in [0.25, 0.3) is 0 Å². The molecule has 0 fully saturated rings. The highest BCUT2D eigenvalue weighted by Gasteiger charge is 2.04. The molecule has 1 N–H and O–H groups in total. The number of aromatic nitrogens is 1. The average molecular weight is 210 g/mol. The number of carbonyl (C=O) groups is 1. The number of rotatable bonds is 5. The zero-order chi connectivity index (χ0) is 11.3. The van der Waals surface area contributed by atoms with Crippen LogP contribution in [0.5, 0.6) is 5.75 Å². The number of carboxylic acid groups (broad SMARTS) is 1. The number of likely N-dealkylation sites (N-methyl/N-ethyl adjacent to an activating group) is 1. The predicted molar refractivity (Wildman–Crippen MR) is 55.2 cm³/mol. The van der Waals surface area contributed by atoms with Crippen molar-refractivity contribution in [3.63, 3.8) is 0 Å². The molecule has 0 aliphatic carbocycles. The van der Waals surface area contributed by atoms with Gasteiger partial charge < -0.3 is 14.7 Å². The molecule has 0 aliphatic rings. The van der Waals surface area contributed by atoms with Gasteiger partial charge in [0.15, 0.2) is 0 Å². The van der Waals surface area contributed by atoms with Gasteiger partial charge >= 0.3 is 5.97 Å². The minimum absolute atomic E-state index is 0.136. The van der Waals surface area contributed by atoms with Gasteiger partial charge in [-0.15, -0.1) is 0 Å². The Morgan fingerprint density at radius 1 is 1.53 bits per heavy atom. The molecule has 0 saturated heterocycles. The highest BCUT2D eigenvalue weighted by atomic mass is 16.5. The summed E-state index contributed by atoms with van der Waals surface area (Å²) in [6.45, 7) is 1.29. The van der Waals surface area contributed by atoms with Crippen LogP contribution in [0, 0.1) is 0 Å². The van der Waals surface area contributed by atoms with Crippen molar-refractivity contribution in [3.05, 3.63) is 24.0 Å². The van der Waals surface area contributed by atoms with Crippen LogP contribution < -0.4 is 4.74 Å². The number of nitrogens with zero attached hydrogens (tertiary/aromatic N) is 2. The molecule has 0 aliphatic heterocycles. The molecule has 1 rings (SSSR count). The molecule has 5 heteroatoms. The normalized spacial score (nSPS) is 10.3. The van der Waals surface area contributed by atoms with Gasteiger partial charge in [0.05, 0.1) is 11.8 Å². The summed E-state index contributed by atoms with van der Waals surface area (Å²) in [7, 11) is 3.88. The van der Waals surface area contributed by atoms with Crippen molar-refractivity contribution in [2.24, 2.45) is 0 Å². The Morgan fingerprint density at radius 2 is 2.27 bits per heavy atom. The maximum Gasteiger partial charge on any atom is 0.337 e. The smallest absolute Gasteiger partial charge is 0.337 e. The molecule has 0 radical (unpaired) electrons. The maximum absolute atomic E-state index is 10.6. The SMILES string of the molecule is CN(C)CCOc1cncc(C(=O)O)c1. The summed E-state index contributed by atoms with van der Waals surface area (Å²) in [6.07, 6.45) is 2.79. The summed E-state index contributed by atoms with van der Waals surface area (Å²) in [6, 6.07) is 1.46. The van der Waals surface area contributed by atoms with E-state index in [0.29, 0.717) is 12.4 Å². The van der Waals surface area contributed by atoms with E-state index in [1.807, 2.05) is 19.0 Å². The summed E-state index contributed by atoms with van der Waals surface area (Å²) < 4.78 is 5.34. The molecule has 82 valence electrons. The van der Waals surface area contributed by atoms with Gasteiger partial charge in [0.1, 0.15) is 12.4 Å². The Morgan fingerprint density at radius 3 is 2.87 bits per heavy atom. The highest BCUT2D eigenvalue weighted by molar-refractivity contribution is 5.87. The Kier molecular flexibility index (Phi) is 4.05. The average Bonchev–Trinajstić information content (AvgIpc) is 2.17. The highest BCUT2D eigenvalue weighted by Crippen LogP contribution is 2.10. The molecule has 0 atom stereocenters. The zero-order valence-corrected chi connectivity index (χ0v) is 8.80. The Hall–Kier alpha value is -1.62. The summed E-state index contributed by atoms with van der Waals surface area (Å²) in [5.41, 5.74) is 0.136. The zero-order valence-electron chi connectivity index (χ0n) is 8.80. The van der Waals surface area contributed by atoms with E-state index < -0.39 is 5.97 Å². The van der Waals surface area contributed by atoms with Crippen LogP contribution in [-0.2, 0) is 0 Å². The first-order valence-corrected chi connectivity index (χ1v) is 4.55. The van der Waals surface area contributed by atoms with Crippen LogP contribution in [0.1, 0.15) is 10.4 Å². The van der Waals surface area contributed by atoms with Crippen molar-refractivity contribution < 1.29 is 14.6 Å². The Bertz CT molecular complexity index is 339. The van der Waals surface area contributed by atoms with Crippen LogP contribution in [0.25, 0.3) is 0 Å². The molecule has 0 unspecified atom stereocenters. The molecule has 0 spiro atoms. The minimum atomic E-state index is -0.999. The van der Waals surface area contributed by atoms with E-state index in [9.17, 15) is 4.79 Å². The third kappa shape index (κ3) is 3.95. The summed E-state index contributed by atoms with van der Waals surface area (Å²) in [5, 5.41) is 8.72. The molecule has 5 nitrogen and oxygen atoms in total. The van der Waals surface area contributed by atoms with E-state index in [1.54, 1.807) is 0 Å². The number of carboxylic acids is 1. The molecule has 0 saturated carbocycles. The summed E-state index contributed by atoms with van der Waals surface area (Å²) >= 11 is 0. The third-order valence-corrected chi connectivity index (χ3v) is 1.77. The monoisotopic (exact) mass is 210 g/mol. The van der Waals surface area contributed by atoms with Gasteiger partial charge in [0.2, 0.25) is 0 Å². The summed E-state index contributed by atoms with van der Waals surface area (Å²) in [4.78, 5) is 16.4. The van der Waals surface area contributed by atoms with E-state index >= 15 is 0 Å². The first-order valence-electron chi connectivity index (χ1n) is 4.55. The van der Waals surface area contributed by atoms with Crippen LogP contribution in [0.3, 0.4) is 0 Å². The van der Waals surface area contributed by atoms with Gasteiger partial charge in [-0.1, -0.05) is 0 Å². The first-order chi connectivity index (χ1) is 7.09. The molecule has 0 amide bonds. The van der Waals surface area contributed by atoms with Crippen molar-refractivity contribution in [1.29, 1.82) is 0 Å². The molecule has 0 bridgehead atoms. The van der Waals surface area contributed by atoms with Gasteiger partial charge in [-0.2, -0.15) is 0 Å². The van der Waals surface area contributed by atoms with Crippen molar-refractivity contribution in [3.8, 4) is 5.75 Å². The van der Waals surface area contributed by atoms with Crippen LogP contribution >= 0.6 is 0 Å². The van der Waals surface area contributed by atoms with Crippen molar-refractivity contribution in [1.82, 2.24) is 9.88 Å². The Balaban J connectivity index is 2.54. The molecule has 1 heterocycles. The van der Waals surface area contributed by atoms with Crippen molar-refractivity contribution in [2.75, 3.05) is 27.2 Å². The fraction of sp³-hybridized carbons (Fsp3) is 0.400. The van der Waals surface area contributed by atoms with Crippen LogP contribution in [0.4, 0.5) is 0 Å². The van der Waals surface area contributed by atoms with E-state index in [1.165, 1.54) is 18.5 Å². The second kappa shape index (κ2) is 5.31. The first kappa shape index (κ1) is 11.5. The molecular weight excluding hydrogens is 196 g/mol. The predicted octanol–water partition coefficient (Wildman–Crippen LogP) is 0.720. The Labute approximate surface area is 88.3 Å². The number of aromatic carboxylic acids is 1. The van der Waals surface area contributed by atoms with E-state index in [-0.39, 0.29) is 5.56 Å². The van der Waals surface area contributed by atoms with Crippen LogP contribution in [0.15, 0.2) is 18.5 Å². The fourth-order valence-electron chi connectivity index (χ4n) is 0.961. The number of ether oxygens (including phenoxy) is 1. The number of pyridine rings is 1. The van der Waals surface area contributed by atoms with Crippen LogP contribution in [0.2, 0.25) is 0 Å². The number of hydrogen-bond donors (Lipinski definition) is 1. The second-order valence-electron chi connectivity index (χ2n) is 3.37. The standard InChI is InChI=1S/C10H14N2O3/c1-12(2)3-4-15-9-5-8(10(13)14)6-11-7-9/h5-7H,3-4H2,1-2H3,(H,13,14). The lowest BCUT2D eigenvalue weighted by Gasteiger charge is -2.10. The van der Waals surface area contributed by atoms with E-state index in [4.69, 9.17) is 9.84 Å². The number of hydrogen-bond acceptors (Lipinski definition) is 4. The van der Waals surface area contributed by atoms with Gasteiger partial charge in [-0.3, -0.25) is 4.98 Å². The maximum atomic E-state index is 10.6. The molecule has 1 aromatic rings. The quantitative estimate of drug-likeness (QED) is 0.775. The summed E-state index contributed by atoms with van der Waals surface area (Å²) in [5.74, 6) is -0.516. The molecule has 15 heavy (non-hydrogen) atoms. The lowest BCUT2D eigenvalue weighted by atomic mass is 10.3. The van der Waals surface area contributed by atoms with Gasteiger partial charge in [0, 0.05) is 12.7 Å². The molecular formula is C10H14N2O3. The topological polar surface area (TPSA) is 62.7 Å². The minimum Gasteiger partial charge on any atom is -0.491 e. The van der Waals surface area contributed by atoms with Crippen molar-refractivity contribution >= 4 is 5.97 Å². The van der Waals surface area contributed by atoms with Gasteiger partial charge in [-0.25, -0.2) is 4.79 Å². The lowest BCUT2D eigenvalue weighted by molar-refractivity contribution is 0.0696. The second-order valence-corrected chi connectivity index (χ2v) is 3.37. The van der Waals surface area contributed by atoms with E-state index in [0.717, 1.165) is 6.54 Å². The van der Waals surface area contributed by atoms with Crippen molar-refractivity contribution in [2.45, 2.75) is 0 Å². The fourth-order valence-corrected chi connectivity index (χ4v) is 0.961.